The lowest BCUT2D eigenvalue weighted by Gasteiger charge is -2.29. The zero-order valence-corrected chi connectivity index (χ0v) is 14.1. The highest BCUT2D eigenvalue weighted by Crippen LogP contribution is 2.42. The minimum absolute atomic E-state index is 0.138. The number of benzene rings is 1. The summed E-state index contributed by atoms with van der Waals surface area (Å²) < 4.78 is 25.8. The number of rotatable bonds is 7. The van der Waals surface area contributed by atoms with Gasteiger partial charge in [0.25, 0.3) is 0 Å². The van der Waals surface area contributed by atoms with E-state index < -0.39 is 11.4 Å². The largest absolute Gasteiger partial charge is 0.490 e. The minimum atomic E-state index is -0.587. The normalized spacial score (nSPS) is 11.6. The van der Waals surface area contributed by atoms with Gasteiger partial charge in [0.2, 0.25) is 0 Å². The fourth-order valence-electron chi connectivity index (χ4n) is 2.12. The molecule has 0 atom stereocenters. The number of halogens is 2. The van der Waals surface area contributed by atoms with E-state index in [4.69, 9.17) is 15.2 Å². The van der Waals surface area contributed by atoms with Crippen molar-refractivity contribution in [2.45, 2.75) is 46.1 Å². The first-order valence-corrected chi connectivity index (χ1v) is 7.81. The Morgan fingerprint density at radius 1 is 1.15 bits per heavy atom. The predicted octanol–water partition coefficient (Wildman–Crippen LogP) is 4.36. The standard InChI is InChI=1S/C15H23BrFNO2/c1-5-15(18,6-2)10-9-11(19-7-3)14(20-8-4)13(17)12(10)16/h9H,5-8,18H2,1-4H3. The van der Waals surface area contributed by atoms with Gasteiger partial charge in [0.05, 0.1) is 17.7 Å². The van der Waals surface area contributed by atoms with E-state index in [0.29, 0.717) is 41.8 Å². The van der Waals surface area contributed by atoms with Crippen LogP contribution in [0.3, 0.4) is 0 Å². The second kappa shape index (κ2) is 7.27. The molecule has 0 radical (unpaired) electrons. The molecule has 0 amide bonds. The average Bonchev–Trinajstić information content (AvgIpc) is 2.46. The van der Waals surface area contributed by atoms with Crippen molar-refractivity contribution in [3.8, 4) is 11.5 Å². The van der Waals surface area contributed by atoms with Crippen molar-refractivity contribution in [3.63, 3.8) is 0 Å². The summed E-state index contributed by atoms with van der Waals surface area (Å²) in [5, 5.41) is 0. The fraction of sp³-hybridized carbons (Fsp3) is 0.600. The lowest BCUT2D eigenvalue weighted by atomic mass is 9.85. The van der Waals surface area contributed by atoms with E-state index in [1.165, 1.54) is 0 Å². The number of hydrogen-bond donors (Lipinski definition) is 1. The summed E-state index contributed by atoms with van der Waals surface area (Å²) in [6.45, 7) is 8.46. The van der Waals surface area contributed by atoms with Crippen LogP contribution in [0.5, 0.6) is 11.5 Å². The van der Waals surface area contributed by atoms with Crippen LogP contribution in [0.4, 0.5) is 4.39 Å². The van der Waals surface area contributed by atoms with E-state index in [2.05, 4.69) is 15.9 Å². The Labute approximate surface area is 128 Å². The topological polar surface area (TPSA) is 44.5 Å². The van der Waals surface area contributed by atoms with Crippen LogP contribution in [-0.4, -0.2) is 13.2 Å². The molecule has 0 unspecified atom stereocenters. The molecule has 3 nitrogen and oxygen atoms in total. The van der Waals surface area contributed by atoms with Gasteiger partial charge in [0, 0.05) is 5.54 Å². The van der Waals surface area contributed by atoms with Gasteiger partial charge < -0.3 is 15.2 Å². The molecular weight excluding hydrogens is 325 g/mol. The summed E-state index contributed by atoms with van der Waals surface area (Å²) in [6, 6.07) is 1.79. The Hall–Kier alpha value is -0.810. The van der Waals surface area contributed by atoms with Crippen LogP contribution in [-0.2, 0) is 5.54 Å². The zero-order chi connectivity index (χ0) is 15.3. The van der Waals surface area contributed by atoms with E-state index >= 15 is 0 Å². The Bertz CT molecular complexity index is 462. The number of hydrogen-bond acceptors (Lipinski definition) is 3. The molecule has 0 spiro atoms. The van der Waals surface area contributed by atoms with Gasteiger partial charge in [-0.1, -0.05) is 13.8 Å². The number of nitrogens with two attached hydrogens (primary N) is 1. The van der Waals surface area contributed by atoms with Crippen molar-refractivity contribution in [1.29, 1.82) is 0 Å². The van der Waals surface area contributed by atoms with Crippen LogP contribution in [0.25, 0.3) is 0 Å². The van der Waals surface area contributed by atoms with Crippen LogP contribution in [0.1, 0.15) is 46.1 Å². The number of ether oxygens (including phenoxy) is 2. The molecular formula is C15H23BrFNO2. The Balaban J connectivity index is 3.48. The molecule has 0 fully saturated rings. The van der Waals surface area contributed by atoms with Gasteiger partial charge in [-0.05, 0) is 54.2 Å². The van der Waals surface area contributed by atoms with Gasteiger partial charge in [-0.25, -0.2) is 4.39 Å². The summed E-state index contributed by atoms with van der Waals surface area (Å²) in [5.74, 6) is 0.0887. The van der Waals surface area contributed by atoms with Crippen LogP contribution in [0, 0.1) is 5.82 Å². The highest BCUT2D eigenvalue weighted by Gasteiger charge is 2.30. The van der Waals surface area contributed by atoms with Gasteiger partial charge in [0.15, 0.2) is 17.3 Å². The van der Waals surface area contributed by atoms with Gasteiger partial charge in [-0.2, -0.15) is 0 Å². The molecule has 0 aromatic heterocycles. The molecule has 114 valence electrons. The van der Waals surface area contributed by atoms with Crippen molar-refractivity contribution in [3.05, 3.63) is 21.9 Å². The summed E-state index contributed by atoms with van der Waals surface area (Å²) in [7, 11) is 0. The van der Waals surface area contributed by atoms with E-state index in [0.717, 1.165) is 0 Å². The Morgan fingerprint density at radius 2 is 1.70 bits per heavy atom. The van der Waals surface area contributed by atoms with Crippen LogP contribution < -0.4 is 15.2 Å². The molecule has 1 rings (SSSR count). The maximum atomic E-state index is 14.5. The van der Waals surface area contributed by atoms with E-state index in [1.54, 1.807) is 6.07 Å². The third-order valence-corrected chi connectivity index (χ3v) is 4.29. The Kier molecular flexibility index (Phi) is 6.27. The molecule has 1 aromatic rings. The third kappa shape index (κ3) is 3.26. The lowest BCUT2D eigenvalue weighted by molar-refractivity contribution is 0.272. The van der Waals surface area contributed by atoms with Crippen LogP contribution in [0.15, 0.2) is 10.5 Å². The highest BCUT2D eigenvalue weighted by atomic mass is 79.9. The highest BCUT2D eigenvalue weighted by molar-refractivity contribution is 9.10. The maximum Gasteiger partial charge on any atom is 0.198 e. The zero-order valence-electron chi connectivity index (χ0n) is 12.6. The molecule has 5 heteroatoms. The second-order valence-corrected chi connectivity index (χ2v) is 5.40. The molecule has 0 saturated heterocycles. The summed E-state index contributed by atoms with van der Waals surface area (Å²) in [6.07, 6.45) is 1.42. The Morgan fingerprint density at radius 3 is 2.15 bits per heavy atom. The maximum absolute atomic E-state index is 14.5. The molecule has 0 heterocycles. The quantitative estimate of drug-likeness (QED) is 0.796. The monoisotopic (exact) mass is 347 g/mol. The summed E-state index contributed by atoms with van der Waals surface area (Å²) >= 11 is 3.31. The molecule has 2 N–H and O–H groups in total. The van der Waals surface area contributed by atoms with Crippen molar-refractivity contribution >= 4 is 15.9 Å². The summed E-state index contributed by atoms with van der Waals surface area (Å²) in [4.78, 5) is 0. The SMILES string of the molecule is CCOc1cc(C(N)(CC)CC)c(Br)c(F)c1OCC. The van der Waals surface area contributed by atoms with E-state index in [9.17, 15) is 4.39 Å². The third-order valence-electron chi connectivity index (χ3n) is 3.51. The van der Waals surface area contributed by atoms with E-state index in [-0.39, 0.29) is 5.75 Å². The molecule has 0 saturated carbocycles. The summed E-state index contributed by atoms with van der Waals surface area (Å²) in [5.41, 5.74) is 6.51. The second-order valence-electron chi connectivity index (χ2n) is 4.61. The smallest absolute Gasteiger partial charge is 0.198 e. The molecule has 1 aromatic carbocycles. The van der Waals surface area contributed by atoms with Crippen LogP contribution >= 0.6 is 15.9 Å². The molecule has 0 aliphatic heterocycles. The van der Waals surface area contributed by atoms with Gasteiger partial charge in [-0.3, -0.25) is 0 Å². The molecule has 0 bridgehead atoms. The van der Waals surface area contributed by atoms with Crippen LogP contribution in [0.2, 0.25) is 0 Å². The molecule has 0 aliphatic rings. The van der Waals surface area contributed by atoms with Crippen molar-refractivity contribution in [1.82, 2.24) is 0 Å². The van der Waals surface area contributed by atoms with Gasteiger partial charge >= 0.3 is 0 Å². The van der Waals surface area contributed by atoms with Crippen molar-refractivity contribution in [2.24, 2.45) is 5.73 Å². The first-order valence-electron chi connectivity index (χ1n) is 7.02. The molecule has 20 heavy (non-hydrogen) atoms. The average molecular weight is 348 g/mol. The van der Waals surface area contributed by atoms with Crippen molar-refractivity contribution in [2.75, 3.05) is 13.2 Å². The first-order chi connectivity index (χ1) is 9.45. The lowest BCUT2D eigenvalue weighted by Crippen LogP contribution is -2.35. The predicted molar refractivity (Wildman–Crippen MR) is 82.9 cm³/mol. The minimum Gasteiger partial charge on any atom is -0.490 e. The van der Waals surface area contributed by atoms with E-state index in [1.807, 2.05) is 27.7 Å². The fourth-order valence-corrected chi connectivity index (χ4v) is 2.81. The molecule has 0 aliphatic carbocycles. The van der Waals surface area contributed by atoms with Crippen molar-refractivity contribution < 1.29 is 13.9 Å². The van der Waals surface area contributed by atoms with Gasteiger partial charge in [0.1, 0.15) is 0 Å². The van der Waals surface area contributed by atoms with Gasteiger partial charge in [-0.15, -0.1) is 0 Å². The first kappa shape index (κ1) is 17.2.